The lowest BCUT2D eigenvalue weighted by molar-refractivity contribution is 0.111. The second-order valence-electron chi connectivity index (χ2n) is 7.24. The molecule has 0 aliphatic rings. The van der Waals surface area contributed by atoms with E-state index in [1.807, 2.05) is 0 Å². The van der Waals surface area contributed by atoms with Crippen molar-refractivity contribution in [2.45, 2.75) is 90.4 Å². The predicted octanol–water partition coefficient (Wildman–Crippen LogP) is 6.13. The Bertz CT molecular complexity index is 503. The number of hydrogen-bond acceptors (Lipinski definition) is 4. The van der Waals surface area contributed by atoms with Crippen LogP contribution in [0.5, 0.6) is 5.75 Å². The zero-order chi connectivity index (χ0) is 19.0. The molecule has 4 heteroatoms. The van der Waals surface area contributed by atoms with Gasteiger partial charge in [0, 0.05) is 5.69 Å². The Morgan fingerprint density at radius 1 is 0.808 bits per heavy atom. The summed E-state index contributed by atoms with van der Waals surface area (Å²) in [5.41, 5.74) is 12.9. The zero-order valence-electron chi connectivity index (χ0n) is 16.6. The Morgan fingerprint density at radius 2 is 1.31 bits per heavy atom. The molecule has 1 rings (SSSR count). The molecule has 0 atom stereocenters. The first-order valence-corrected chi connectivity index (χ1v) is 10.5. The number of nitrogens with two attached hydrogens (primary N) is 2. The molecule has 0 fully saturated rings. The molecule has 0 unspecified atom stereocenters. The van der Waals surface area contributed by atoms with Gasteiger partial charge in [-0.05, 0) is 18.6 Å². The van der Waals surface area contributed by atoms with Gasteiger partial charge in [0.05, 0.1) is 17.9 Å². The summed E-state index contributed by atoms with van der Waals surface area (Å²) in [6.07, 6.45) is 17.9. The van der Waals surface area contributed by atoms with E-state index in [0.29, 0.717) is 29.3 Å². The first-order valence-electron chi connectivity index (χ1n) is 10.5. The molecular weight excluding hydrogens is 324 g/mol. The molecule has 0 saturated heterocycles. The molecule has 148 valence electrons. The normalized spacial score (nSPS) is 10.8. The van der Waals surface area contributed by atoms with E-state index in [-0.39, 0.29) is 0 Å². The maximum Gasteiger partial charge on any atom is 0.153 e. The smallest absolute Gasteiger partial charge is 0.153 e. The minimum Gasteiger partial charge on any atom is -0.491 e. The van der Waals surface area contributed by atoms with Gasteiger partial charge in [-0.2, -0.15) is 0 Å². The van der Waals surface area contributed by atoms with Gasteiger partial charge in [-0.1, -0.05) is 84.0 Å². The summed E-state index contributed by atoms with van der Waals surface area (Å²) in [5.74, 6) is 0.466. The molecule has 0 aromatic heterocycles. The number of carbonyl (C=O) groups excluding carboxylic acids is 1. The number of ether oxygens (including phenoxy) is 1. The molecule has 0 aliphatic carbocycles. The van der Waals surface area contributed by atoms with Crippen LogP contribution in [0, 0.1) is 0 Å². The van der Waals surface area contributed by atoms with Crippen LogP contribution in [0.25, 0.3) is 0 Å². The van der Waals surface area contributed by atoms with Crippen LogP contribution in [0.4, 0.5) is 11.4 Å². The van der Waals surface area contributed by atoms with Crippen LogP contribution in [0.2, 0.25) is 0 Å². The number of rotatable bonds is 16. The van der Waals surface area contributed by atoms with Gasteiger partial charge >= 0.3 is 0 Å². The summed E-state index contributed by atoms with van der Waals surface area (Å²) in [7, 11) is 0. The Kier molecular flexibility index (Phi) is 12.4. The highest BCUT2D eigenvalue weighted by Crippen LogP contribution is 2.28. The van der Waals surface area contributed by atoms with E-state index in [9.17, 15) is 4.79 Å². The fourth-order valence-electron chi connectivity index (χ4n) is 3.25. The van der Waals surface area contributed by atoms with Crippen LogP contribution < -0.4 is 16.2 Å². The van der Waals surface area contributed by atoms with E-state index >= 15 is 0 Å². The molecule has 4 nitrogen and oxygen atoms in total. The summed E-state index contributed by atoms with van der Waals surface area (Å²) >= 11 is 0. The van der Waals surface area contributed by atoms with Crippen LogP contribution in [0.15, 0.2) is 12.1 Å². The SMILES string of the molecule is CCCCCCCCCCCCCCCOc1c(N)cc(N)cc1C=O. The van der Waals surface area contributed by atoms with Crippen LogP contribution in [-0.4, -0.2) is 12.9 Å². The second kappa shape index (κ2) is 14.5. The van der Waals surface area contributed by atoms with Crippen molar-refractivity contribution in [3.63, 3.8) is 0 Å². The van der Waals surface area contributed by atoms with Gasteiger partial charge in [0.1, 0.15) is 0 Å². The van der Waals surface area contributed by atoms with E-state index in [0.717, 1.165) is 19.1 Å². The lowest BCUT2D eigenvalue weighted by Gasteiger charge is -2.12. The third kappa shape index (κ3) is 9.69. The lowest BCUT2D eigenvalue weighted by Crippen LogP contribution is -2.04. The largest absolute Gasteiger partial charge is 0.491 e. The van der Waals surface area contributed by atoms with Gasteiger partial charge < -0.3 is 16.2 Å². The van der Waals surface area contributed by atoms with Gasteiger partial charge in [0.2, 0.25) is 0 Å². The van der Waals surface area contributed by atoms with Crippen LogP contribution in [0.3, 0.4) is 0 Å². The van der Waals surface area contributed by atoms with Crippen LogP contribution in [-0.2, 0) is 0 Å². The maximum absolute atomic E-state index is 11.1. The molecule has 26 heavy (non-hydrogen) atoms. The van der Waals surface area contributed by atoms with Gasteiger partial charge in [0.15, 0.2) is 12.0 Å². The number of aldehydes is 1. The zero-order valence-corrected chi connectivity index (χ0v) is 16.6. The summed E-state index contributed by atoms with van der Waals surface area (Å²) in [5, 5.41) is 0. The summed E-state index contributed by atoms with van der Waals surface area (Å²) < 4.78 is 5.70. The summed E-state index contributed by atoms with van der Waals surface area (Å²) in [6, 6.07) is 3.23. The van der Waals surface area contributed by atoms with Gasteiger partial charge in [-0.25, -0.2) is 0 Å². The Hall–Kier alpha value is -1.71. The molecule has 1 aromatic rings. The number of hydrogen-bond donors (Lipinski definition) is 2. The van der Waals surface area contributed by atoms with Crippen molar-refractivity contribution in [1.29, 1.82) is 0 Å². The lowest BCUT2D eigenvalue weighted by atomic mass is 10.0. The maximum atomic E-state index is 11.1. The molecule has 4 N–H and O–H groups in total. The number of carbonyl (C=O) groups is 1. The van der Waals surface area contributed by atoms with Crippen molar-refractivity contribution in [2.24, 2.45) is 0 Å². The highest BCUT2D eigenvalue weighted by Gasteiger charge is 2.08. The quantitative estimate of drug-likeness (QED) is 0.210. The van der Waals surface area contributed by atoms with Crippen LogP contribution in [0.1, 0.15) is 101 Å². The molecule has 0 saturated carbocycles. The molecule has 0 amide bonds. The monoisotopic (exact) mass is 362 g/mol. The fraction of sp³-hybridized carbons (Fsp3) is 0.682. The van der Waals surface area contributed by atoms with E-state index in [1.165, 1.54) is 70.6 Å². The molecule has 1 aromatic carbocycles. The van der Waals surface area contributed by atoms with E-state index in [1.54, 1.807) is 12.1 Å². The summed E-state index contributed by atoms with van der Waals surface area (Å²) in [6.45, 7) is 2.86. The molecule has 0 heterocycles. The van der Waals surface area contributed by atoms with E-state index in [4.69, 9.17) is 16.2 Å². The van der Waals surface area contributed by atoms with Crippen molar-refractivity contribution in [3.8, 4) is 5.75 Å². The molecular formula is C22H38N2O2. The van der Waals surface area contributed by atoms with E-state index < -0.39 is 0 Å². The standard InChI is InChI=1S/C22H38N2O2/c1-2-3-4-5-6-7-8-9-10-11-12-13-14-15-26-22-19(18-25)16-20(23)17-21(22)24/h16-18H,2-15,23-24H2,1H3. The number of nitrogen functional groups attached to an aromatic ring is 2. The topological polar surface area (TPSA) is 78.3 Å². The number of unbranched alkanes of at least 4 members (excludes halogenated alkanes) is 12. The van der Waals surface area contributed by atoms with Crippen molar-refractivity contribution >= 4 is 17.7 Å². The van der Waals surface area contributed by atoms with Crippen molar-refractivity contribution in [3.05, 3.63) is 17.7 Å². The molecule has 0 spiro atoms. The number of anilines is 2. The Morgan fingerprint density at radius 3 is 1.81 bits per heavy atom. The first-order chi connectivity index (χ1) is 12.7. The van der Waals surface area contributed by atoms with E-state index in [2.05, 4.69) is 6.92 Å². The van der Waals surface area contributed by atoms with Gasteiger partial charge in [-0.15, -0.1) is 0 Å². The molecule has 0 aliphatic heterocycles. The Balaban J connectivity index is 1.98. The van der Waals surface area contributed by atoms with Crippen molar-refractivity contribution in [2.75, 3.05) is 18.1 Å². The Labute approximate surface area is 159 Å². The molecule has 0 radical (unpaired) electrons. The highest BCUT2D eigenvalue weighted by molar-refractivity contribution is 5.85. The predicted molar refractivity (Wildman–Crippen MR) is 112 cm³/mol. The second-order valence-corrected chi connectivity index (χ2v) is 7.24. The number of benzene rings is 1. The van der Waals surface area contributed by atoms with Gasteiger partial charge in [-0.3, -0.25) is 4.79 Å². The average Bonchev–Trinajstić information content (AvgIpc) is 2.63. The third-order valence-corrected chi connectivity index (χ3v) is 4.79. The third-order valence-electron chi connectivity index (χ3n) is 4.79. The molecule has 0 bridgehead atoms. The summed E-state index contributed by atoms with van der Waals surface area (Å²) in [4.78, 5) is 11.1. The van der Waals surface area contributed by atoms with Crippen molar-refractivity contribution in [1.82, 2.24) is 0 Å². The minimum atomic E-state index is 0.428. The van der Waals surface area contributed by atoms with Crippen LogP contribution >= 0.6 is 0 Å². The average molecular weight is 363 g/mol. The first kappa shape index (κ1) is 22.3. The highest BCUT2D eigenvalue weighted by atomic mass is 16.5. The fourth-order valence-corrected chi connectivity index (χ4v) is 3.25. The minimum absolute atomic E-state index is 0.428. The van der Waals surface area contributed by atoms with Crippen molar-refractivity contribution < 1.29 is 9.53 Å². The van der Waals surface area contributed by atoms with Gasteiger partial charge in [0.25, 0.3) is 0 Å².